The molecule has 1 aliphatic rings. The van der Waals surface area contributed by atoms with Crippen LogP contribution in [0.15, 0.2) is 44.4 Å². The standard InChI is InChI=1S/C17H19BrN2O3S2/c1-12-4-2-6-14(10-12)19-17(21)13-5-3-9-20(11-13)25(22,23)16-8-7-15(18)24-16/h2,4,6-8,10,13H,3,5,9,11H2,1H3,(H,19,21)/t13-/m0/s1. The molecule has 2 heterocycles. The summed E-state index contributed by atoms with van der Waals surface area (Å²) in [6.45, 7) is 2.63. The van der Waals surface area contributed by atoms with Crippen molar-refractivity contribution in [3.8, 4) is 0 Å². The predicted octanol–water partition coefficient (Wildman–Crippen LogP) is 3.86. The van der Waals surface area contributed by atoms with Crippen molar-refractivity contribution in [2.24, 2.45) is 5.92 Å². The van der Waals surface area contributed by atoms with Gasteiger partial charge in [-0.2, -0.15) is 4.31 Å². The van der Waals surface area contributed by atoms with Crippen LogP contribution in [0.4, 0.5) is 5.69 Å². The first-order chi connectivity index (χ1) is 11.9. The highest BCUT2D eigenvalue weighted by Gasteiger charge is 2.34. The van der Waals surface area contributed by atoms with Crippen LogP contribution in [0.5, 0.6) is 0 Å². The van der Waals surface area contributed by atoms with Gasteiger partial charge in [0.05, 0.1) is 9.70 Å². The van der Waals surface area contributed by atoms with E-state index in [0.29, 0.717) is 23.6 Å². The average molecular weight is 443 g/mol. The van der Waals surface area contributed by atoms with E-state index in [-0.39, 0.29) is 18.4 Å². The highest BCUT2D eigenvalue weighted by Crippen LogP contribution is 2.31. The van der Waals surface area contributed by atoms with Gasteiger partial charge in [0.15, 0.2) is 0 Å². The first-order valence-electron chi connectivity index (χ1n) is 7.99. The number of halogens is 1. The Balaban J connectivity index is 1.71. The van der Waals surface area contributed by atoms with Crippen LogP contribution in [-0.4, -0.2) is 31.7 Å². The molecular weight excluding hydrogens is 424 g/mol. The first-order valence-corrected chi connectivity index (χ1v) is 11.0. The summed E-state index contributed by atoms with van der Waals surface area (Å²) in [5, 5.41) is 2.90. The summed E-state index contributed by atoms with van der Waals surface area (Å²) in [7, 11) is -3.55. The number of nitrogens with one attached hydrogen (secondary N) is 1. The summed E-state index contributed by atoms with van der Waals surface area (Å²) in [4.78, 5) is 12.6. The van der Waals surface area contributed by atoms with Crippen LogP contribution in [0.1, 0.15) is 18.4 Å². The third-order valence-electron chi connectivity index (χ3n) is 4.18. The maximum absolute atomic E-state index is 12.8. The second-order valence-electron chi connectivity index (χ2n) is 6.12. The lowest BCUT2D eigenvalue weighted by Gasteiger charge is -2.30. The van der Waals surface area contributed by atoms with E-state index in [4.69, 9.17) is 0 Å². The minimum Gasteiger partial charge on any atom is -0.326 e. The Labute approximate surface area is 160 Å². The normalized spacial score (nSPS) is 18.9. The Morgan fingerprint density at radius 2 is 2.12 bits per heavy atom. The van der Waals surface area contributed by atoms with Crippen molar-refractivity contribution in [3.63, 3.8) is 0 Å². The molecule has 1 amide bonds. The Bertz CT molecular complexity index is 880. The van der Waals surface area contributed by atoms with E-state index < -0.39 is 10.0 Å². The lowest BCUT2D eigenvalue weighted by atomic mass is 9.98. The van der Waals surface area contributed by atoms with Gasteiger partial charge in [-0.1, -0.05) is 12.1 Å². The van der Waals surface area contributed by atoms with Crippen LogP contribution in [0.2, 0.25) is 0 Å². The summed E-state index contributed by atoms with van der Waals surface area (Å²) in [6, 6.07) is 10.9. The van der Waals surface area contributed by atoms with E-state index in [1.54, 1.807) is 12.1 Å². The molecule has 1 saturated heterocycles. The van der Waals surface area contributed by atoms with Crippen molar-refractivity contribution in [2.75, 3.05) is 18.4 Å². The summed E-state index contributed by atoms with van der Waals surface area (Å²) < 4.78 is 28.0. The van der Waals surface area contributed by atoms with Crippen LogP contribution in [0, 0.1) is 12.8 Å². The number of benzene rings is 1. The van der Waals surface area contributed by atoms with Crippen LogP contribution >= 0.6 is 27.3 Å². The van der Waals surface area contributed by atoms with Crippen molar-refractivity contribution in [2.45, 2.75) is 24.0 Å². The number of sulfonamides is 1. The minimum atomic E-state index is -3.55. The molecule has 2 aromatic rings. The van der Waals surface area contributed by atoms with Gasteiger partial charge in [-0.05, 0) is 65.5 Å². The molecule has 0 radical (unpaired) electrons. The molecule has 134 valence electrons. The molecule has 1 N–H and O–H groups in total. The van der Waals surface area contributed by atoms with Crippen molar-refractivity contribution in [3.05, 3.63) is 45.7 Å². The average Bonchev–Trinajstić information content (AvgIpc) is 3.02. The number of thiophene rings is 1. The molecule has 0 saturated carbocycles. The topological polar surface area (TPSA) is 66.5 Å². The number of piperidine rings is 1. The van der Waals surface area contributed by atoms with Crippen molar-refractivity contribution in [1.29, 1.82) is 0 Å². The Kier molecular flexibility index (Phi) is 5.62. The zero-order valence-electron chi connectivity index (χ0n) is 13.7. The predicted molar refractivity (Wildman–Crippen MR) is 103 cm³/mol. The Morgan fingerprint density at radius 1 is 1.32 bits per heavy atom. The Hall–Kier alpha value is -1.22. The van der Waals surface area contributed by atoms with Gasteiger partial charge < -0.3 is 5.32 Å². The quantitative estimate of drug-likeness (QED) is 0.781. The van der Waals surface area contributed by atoms with Crippen molar-refractivity contribution in [1.82, 2.24) is 4.31 Å². The maximum Gasteiger partial charge on any atom is 0.252 e. The van der Waals surface area contributed by atoms with E-state index in [1.807, 2.05) is 31.2 Å². The van der Waals surface area contributed by atoms with Gasteiger partial charge in [-0.25, -0.2) is 8.42 Å². The number of aryl methyl sites for hydroxylation is 1. The molecule has 1 aromatic carbocycles. The monoisotopic (exact) mass is 442 g/mol. The number of hydrogen-bond acceptors (Lipinski definition) is 4. The molecule has 1 aliphatic heterocycles. The lowest BCUT2D eigenvalue weighted by Crippen LogP contribution is -2.43. The van der Waals surface area contributed by atoms with Crippen molar-refractivity contribution >= 4 is 48.9 Å². The van der Waals surface area contributed by atoms with Gasteiger partial charge in [0.1, 0.15) is 4.21 Å². The largest absolute Gasteiger partial charge is 0.326 e. The second kappa shape index (κ2) is 7.57. The molecule has 8 heteroatoms. The van der Waals surface area contributed by atoms with Crippen molar-refractivity contribution < 1.29 is 13.2 Å². The summed E-state index contributed by atoms with van der Waals surface area (Å²) in [6.07, 6.45) is 1.37. The molecule has 1 atom stereocenters. The number of hydrogen-bond donors (Lipinski definition) is 1. The summed E-state index contributed by atoms with van der Waals surface area (Å²) in [5.74, 6) is -0.467. The number of rotatable bonds is 4. The first kappa shape index (κ1) is 18.6. The fourth-order valence-corrected chi connectivity index (χ4v) is 6.59. The van der Waals surface area contributed by atoms with E-state index in [2.05, 4.69) is 21.2 Å². The van der Waals surface area contributed by atoms with Crippen LogP contribution in [0.25, 0.3) is 0 Å². The third kappa shape index (κ3) is 4.31. The van der Waals surface area contributed by atoms with Gasteiger partial charge in [0, 0.05) is 18.8 Å². The lowest BCUT2D eigenvalue weighted by molar-refractivity contribution is -0.120. The molecule has 5 nitrogen and oxygen atoms in total. The van der Waals surface area contributed by atoms with Gasteiger partial charge in [-0.3, -0.25) is 4.79 Å². The molecule has 1 aromatic heterocycles. The fraction of sp³-hybridized carbons (Fsp3) is 0.353. The van der Waals surface area contributed by atoms with E-state index in [0.717, 1.165) is 15.0 Å². The molecule has 0 aliphatic carbocycles. The number of amides is 1. The van der Waals surface area contributed by atoms with E-state index >= 15 is 0 Å². The van der Waals surface area contributed by atoms with E-state index in [9.17, 15) is 13.2 Å². The maximum atomic E-state index is 12.8. The summed E-state index contributed by atoms with van der Waals surface area (Å²) in [5.41, 5.74) is 1.81. The van der Waals surface area contributed by atoms with Gasteiger partial charge in [-0.15, -0.1) is 11.3 Å². The fourth-order valence-electron chi connectivity index (χ4n) is 2.91. The van der Waals surface area contributed by atoms with Crippen LogP contribution in [0.3, 0.4) is 0 Å². The number of carbonyl (C=O) groups is 1. The molecular formula is C17H19BrN2O3S2. The highest BCUT2D eigenvalue weighted by molar-refractivity contribution is 9.11. The molecule has 3 rings (SSSR count). The zero-order valence-corrected chi connectivity index (χ0v) is 17.0. The molecule has 0 bridgehead atoms. The van der Waals surface area contributed by atoms with Gasteiger partial charge >= 0.3 is 0 Å². The second-order valence-corrected chi connectivity index (χ2v) is 10.7. The number of nitrogens with zero attached hydrogens (tertiary/aromatic N) is 1. The Morgan fingerprint density at radius 3 is 2.80 bits per heavy atom. The zero-order chi connectivity index (χ0) is 18.0. The smallest absolute Gasteiger partial charge is 0.252 e. The minimum absolute atomic E-state index is 0.127. The number of anilines is 1. The molecule has 1 fully saturated rings. The van der Waals surface area contributed by atoms with Gasteiger partial charge in [0.25, 0.3) is 10.0 Å². The van der Waals surface area contributed by atoms with Crippen LogP contribution in [-0.2, 0) is 14.8 Å². The van der Waals surface area contributed by atoms with E-state index in [1.165, 1.54) is 15.6 Å². The SMILES string of the molecule is Cc1cccc(NC(=O)[C@H]2CCCN(S(=O)(=O)c3ccc(Br)s3)C2)c1. The van der Waals surface area contributed by atoms with Gasteiger partial charge in [0.2, 0.25) is 5.91 Å². The molecule has 0 unspecified atom stereocenters. The highest BCUT2D eigenvalue weighted by atomic mass is 79.9. The van der Waals surface area contributed by atoms with Crippen LogP contribution < -0.4 is 5.32 Å². The molecule has 0 spiro atoms. The molecule has 25 heavy (non-hydrogen) atoms. The number of carbonyl (C=O) groups excluding carboxylic acids is 1. The summed E-state index contributed by atoms with van der Waals surface area (Å²) >= 11 is 4.49. The third-order valence-corrected chi connectivity index (χ3v) is 8.14.